The summed E-state index contributed by atoms with van der Waals surface area (Å²) in [6.07, 6.45) is 0.793. The minimum absolute atomic E-state index is 0.525. The molecule has 0 unspecified atom stereocenters. The third-order valence-corrected chi connectivity index (χ3v) is 3.82. The molecule has 2 rings (SSSR count). The lowest BCUT2D eigenvalue weighted by Gasteiger charge is -2.02. The predicted molar refractivity (Wildman–Crippen MR) is 66.8 cm³/mol. The van der Waals surface area contributed by atoms with Gasteiger partial charge in [-0.05, 0) is 27.4 Å². The van der Waals surface area contributed by atoms with Crippen molar-refractivity contribution in [2.75, 3.05) is 5.73 Å². The molecule has 15 heavy (non-hydrogen) atoms. The summed E-state index contributed by atoms with van der Waals surface area (Å²) in [7, 11) is 0. The third-order valence-electron chi connectivity index (χ3n) is 1.96. The summed E-state index contributed by atoms with van der Waals surface area (Å²) in [5, 5.41) is 2.02. The van der Waals surface area contributed by atoms with Crippen LogP contribution >= 0.6 is 27.3 Å². The van der Waals surface area contributed by atoms with Gasteiger partial charge < -0.3 is 5.73 Å². The van der Waals surface area contributed by atoms with E-state index in [1.54, 1.807) is 17.4 Å². The molecule has 0 fully saturated rings. The predicted octanol–water partition coefficient (Wildman–Crippen LogP) is 3.11. The maximum atomic E-state index is 5.73. The second-order valence-corrected chi connectivity index (χ2v) is 4.82. The molecule has 78 valence electrons. The van der Waals surface area contributed by atoms with Gasteiger partial charge in [0.1, 0.15) is 11.6 Å². The van der Waals surface area contributed by atoms with Crippen LogP contribution in [0.4, 0.5) is 5.82 Å². The molecule has 0 aliphatic heterocycles. The summed E-state index contributed by atoms with van der Waals surface area (Å²) in [4.78, 5) is 9.69. The molecule has 5 heteroatoms. The van der Waals surface area contributed by atoms with Gasteiger partial charge in [-0.25, -0.2) is 9.97 Å². The summed E-state index contributed by atoms with van der Waals surface area (Å²) in [6.45, 7) is 2.02. The molecular weight excluding hydrogens is 274 g/mol. The number of aromatic nitrogens is 2. The molecule has 0 aliphatic carbocycles. The minimum atomic E-state index is 0.525. The maximum absolute atomic E-state index is 5.73. The van der Waals surface area contributed by atoms with Crippen LogP contribution in [0.2, 0.25) is 0 Å². The Hall–Kier alpha value is -0.940. The molecule has 0 saturated carbocycles. The number of anilines is 1. The van der Waals surface area contributed by atoms with Crippen molar-refractivity contribution in [2.24, 2.45) is 0 Å². The molecule has 3 nitrogen and oxygen atoms in total. The third kappa shape index (κ3) is 2.18. The smallest absolute Gasteiger partial charge is 0.131 e. The largest absolute Gasteiger partial charge is 0.384 e. The van der Waals surface area contributed by atoms with E-state index >= 15 is 0 Å². The summed E-state index contributed by atoms with van der Waals surface area (Å²) < 4.78 is 1.05. The molecule has 0 saturated heterocycles. The molecule has 2 heterocycles. The number of aryl methyl sites for hydroxylation is 1. The quantitative estimate of drug-likeness (QED) is 0.921. The molecule has 0 amide bonds. The number of nitrogens with zero attached hydrogens (tertiary/aromatic N) is 2. The molecule has 0 spiro atoms. The van der Waals surface area contributed by atoms with Gasteiger partial charge in [0, 0.05) is 17.0 Å². The SMILES string of the molecule is CCc1nc(N)cc(-c2sccc2Br)n1. The molecule has 2 aromatic heterocycles. The first-order valence-corrected chi connectivity index (χ1v) is 6.24. The van der Waals surface area contributed by atoms with Crippen molar-refractivity contribution in [1.82, 2.24) is 9.97 Å². The second-order valence-electron chi connectivity index (χ2n) is 3.05. The Morgan fingerprint density at radius 2 is 2.27 bits per heavy atom. The van der Waals surface area contributed by atoms with Gasteiger partial charge >= 0.3 is 0 Å². The first-order chi connectivity index (χ1) is 7.20. The van der Waals surface area contributed by atoms with Crippen LogP contribution in [0.25, 0.3) is 10.6 Å². The van der Waals surface area contributed by atoms with Gasteiger partial charge in [-0.1, -0.05) is 6.92 Å². The van der Waals surface area contributed by atoms with Gasteiger partial charge in [0.2, 0.25) is 0 Å². The lowest BCUT2D eigenvalue weighted by molar-refractivity contribution is 0.949. The highest BCUT2D eigenvalue weighted by Crippen LogP contribution is 2.32. The van der Waals surface area contributed by atoms with E-state index in [2.05, 4.69) is 25.9 Å². The second kappa shape index (κ2) is 4.28. The molecule has 0 radical (unpaired) electrons. The van der Waals surface area contributed by atoms with Crippen LogP contribution in [-0.2, 0) is 6.42 Å². The number of hydrogen-bond donors (Lipinski definition) is 1. The number of nitrogens with two attached hydrogens (primary N) is 1. The minimum Gasteiger partial charge on any atom is -0.384 e. The summed E-state index contributed by atoms with van der Waals surface area (Å²) in [5.41, 5.74) is 6.62. The van der Waals surface area contributed by atoms with Gasteiger partial charge in [0.15, 0.2) is 0 Å². The first-order valence-electron chi connectivity index (χ1n) is 4.57. The maximum Gasteiger partial charge on any atom is 0.131 e. The van der Waals surface area contributed by atoms with Crippen molar-refractivity contribution in [2.45, 2.75) is 13.3 Å². The molecule has 2 N–H and O–H groups in total. The van der Waals surface area contributed by atoms with E-state index in [1.807, 2.05) is 18.4 Å². The van der Waals surface area contributed by atoms with Gasteiger partial charge in [-0.3, -0.25) is 0 Å². The average Bonchev–Trinajstić information content (AvgIpc) is 2.63. The van der Waals surface area contributed by atoms with E-state index in [4.69, 9.17) is 5.73 Å². The summed E-state index contributed by atoms with van der Waals surface area (Å²) in [5.74, 6) is 1.31. The Kier molecular flexibility index (Phi) is 3.02. The van der Waals surface area contributed by atoms with Crippen LogP contribution in [-0.4, -0.2) is 9.97 Å². The summed E-state index contributed by atoms with van der Waals surface area (Å²) >= 11 is 5.12. The zero-order chi connectivity index (χ0) is 10.8. The normalized spacial score (nSPS) is 10.5. The fourth-order valence-corrected chi connectivity index (χ4v) is 2.81. The molecule has 0 atom stereocenters. The Morgan fingerprint density at radius 1 is 1.47 bits per heavy atom. The number of rotatable bonds is 2. The highest BCUT2D eigenvalue weighted by Gasteiger charge is 2.08. The van der Waals surface area contributed by atoms with Crippen molar-refractivity contribution in [3.63, 3.8) is 0 Å². The van der Waals surface area contributed by atoms with E-state index in [0.717, 1.165) is 27.3 Å². The Labute approximate surface area is 101 Å². The highest BCUT2D eigenvalue weighted by molar-refractivity contribution is 9.10. The topological polar surface area (TPSA) is 51.8 Å². The van der Waals surface area contributed by atoms with Gasteiger partial charge in [0.05, 0.1) is 10.6 Å². The van der Waals surface area contributed by atoms with Gasteiger partial charge in [-0.15, -0.1) is 11.3 Å². The Bertz CT molecular complexity index is 481. The number of nitrogen functional groups attached to an aromatic ring is 1. The molecule has 2 aromatic rings. The fourth-order valence-electron chi connectivity index (χ4n) is 1.27. The zero-order valence-corrected chi connectivity index (χ0v) is 10.6. The average molecular weight is 284 g/mol. The van der Waals surface area contributed by atoms with E-state index in [1.165, 1.54) is 0 Å². The van der Waals surface area contributed by atoms with E-state index in [9.17, 15) is 0 Å². The molecular formula is C10H10BrN3S. The van der Waals surface area contributed by atoms with Crippen LogP contribution in [0.3, 0.4) is 0 Å². The standard InChI is InChI=1S/C10H10BrN3S/c1-2-9-13-7(5-8(12)14-9)10-6(11)3-4-15-10/h3-5H,2H2,1H3,(H2,12,13,14). The zero-order valence-electron chi connectivity index (χ0n) is 8.20. The number of hydrogen-bond acceptors (Lipinski definition) is 4. The Morgan fingerprint density at radius 3 is 2.87 bits per heavy atom. The van der Waals surface area contributed by atoms with Crippen molar-refractivity contribution < 1.29 is 0 Å². The monoisotopic (exact) mass is 283 g/mol. The number of halogens is 1. The first kappa shape index (κ1) is 10.6. The van der Waals surface area contributed by atoms with E-state index < -0.39 is 0 Å². The van der Waals surface area contributed by atoms with Gasteiger partial charge in [0.25, 0.3) is 0 Å². The van der Waals surface area contributed by atoms with Crippen molar-refractivity contribution in [3.8, 4) is 10.6 Å². The molecule has 0 aromatic carbocycles. The van der Waals surface area contributed by atoms with Crippen molar-refractivity contribution in [3.05, 3.63) is 27.8 Å². The fraction of sp³-hybridized carbons (Fsp3) is 0.200. The molecule has 0 bridgehead atoms. The van der Waals surface area contributed by atoms with E-state index in [-0.39, 0.29) is 0 Å². The van der Waals surface area contributed by atoms with Crippen LogP contribution in [0.15, 0.2) is 22.0 Å². The van der Waals surface area contributed by atoms with Crippen molar-refractivity contribution >= 4 is 33.1 Å². The van der Waals surface area contributed by atoms with Gasteiger partial charge in [-0.2, -0.15) is 0 Å². The van der Waals surface area contributed by atoms with E-state index in [0.29, 0.717) is 5.82 Å². The Balaban J connectivity index is 2.53. The molecule has 0 aliphatic rings. The lowest BCUT2D eigenvalue weighted by Crippen LogP contribution is -1.99. The lowest BCUT2D eigenvalue weighted by atomic mass is 10.3. The number of thiophene rings is 1. The van der Waals surface area contributed by atoms with Crippen LogP contribution < -0.4 is 5.73 Å². The van der Waals surface area contributed by atoms with Crippen LogP contribution in [0.5, 0.6) is 0 Å². The van der Waals surface area contributed by atoms with Crippen molar-refractivity contribution in [1.29, 1.82) is 0 Å². The highest BCUT2D eigenvalue weighted by atomic mass is 79.9. The van der Waals surface area contributed by atoms with Crippen LogP contribution in [0.1, 0.15) is 12.7 Å². The van der Waals surface area contributed by atoms with Crippen LogP contribution in [0, 0.1) is 0 Å². The summed E-state index contributed by atoms with van der Waals surface area (Å²) in [6, 6.07) is 3.81.